The molecular formula is C11H21NO3S. The maximum absolute atomic E-state index is 11.6. The minimum absolute atomic E-state index is 0.0871. The lowest BCUT2D eigenvalue weighted by atomic mass is 10.1. The summed E-state index contributed by atoms with van der Waals surface area (Å²) >= 11 is 0. The highest BCUT2D eigenvalue weighted by molar-refractivity contribution is 7.90. The van der Waals surface area contributed by atoms with Gasteiger partial charge < -0.3 is 0 Å². The van der Waals surface area contributed by atoms with Crippen LogP contribution in [-0.2, 0) is 14.8 Å². The standard InChI is InChI=1S/C11H21NO3S/c1-7(2)5-9-6-10(9)11(13)12-16(14,15)8(3)4/h7-10H,5-6H2,1-4H3,(H,12,13)/t9-,10-/m1/s1. The molecule has 16 heavy (non-hydrogen) atoms. The van der Waals surface area contributed by atoms with Gasteiger partial charge in [0.1, 0.15) is 0 Å². The second kappa shape index (κ2) is 4.73. The van der Waals surface area contributed by atoms with Crippen LogP contribution >= 0.6 is 0 Å². The molecule has 0 bridgehead atoms. The molecule has 1 amide bonds. The van der Waals surface area contributed by atoms with E-state index in [4.69, 9.17) is 0 Å². The molecule has 4 nitrogen and oxygen atoms in total. The Hall–Kier alpha value is -0.580. The third-order valence-corrected chi connectivity index (χ3v) is 4.62. The van der Waals surface area contributed by atoms with Gasteiger partial charge in [-0.1, -0.05) is 13.8 Å². The van der Waals surface area contributed by atoms with Crippen molar-refractivity contribution in [3.63, 3.8) is 0 Å². The number of hydrogen-bond acceptors (Lipinski definition) is 3. The SMILES string of the molecule is CC(C)C[C@@H]1C[C@H]1C(=O)NS(=O)(=O)C(C)C. The molecule has 1 saturated carbocycles. The van der Waals surface area contributed by atoms with E-state index in [1.807, 2.05) is 0 Å². The molecule has 0 aromatic carbocycles. The molecule has 0 spiro atoms. The predicted octanol–water partition coefficient (Wildman–Crippen LogP) is 1.52. The number of nitrogens with one attached hydrogen (secondary N) is 1. The maximum atomic E-state index is 11.6. The number of carbonyl (C=O) groups excluding carboxylic acids is 1. The molecule has 1 aliphatic carbocycles. The Balaban J connectivity index is 2.45. The molecule has 2 atom stereocenters. The number of amides is 1. The van der Waals surface area contributed by atoms with E-state index in [0.29, 0.717) is 11.8 Å². The first-order valence-electron chi connectivity index (χ1n) is 5.79. The van der Waals surface area contributed by atoms with E-state index >= 15 is 0 Å². The number of sulfonamides is 1. The molecule has 0 heterocycles. The number of carbonyl (C=O) groups is 1. The van der Waals surface area contributed by atoms with Gasteiger partial charge in [0.05, 0.1) is 5.25 Å². The van der Waals surface area contributed by atoms with E-state index in [1.165, 1.54) is 0 Å². The molecule has 5 heteroatoms. The fraction of sp³-hybridized carbons (Fsp3) is 0.909. The smallest absolute Gasteiger partial charge is 0.237 e. The zero-order valence-corrected chi connectivity index (χ0v) is 11.2. The first-order valence-corrected chi connectivity index (χ1v) is 7.34. The summed E-state index contributed by atoms with van der Waals surface area (Å²) in [5.74, 6) is 0.530. The highest BCUT2D eigenvalue weighted by Crippen LogP contribution is 2.43. The van der Waals surface area contributed by atoms with Crippen LogP contribution in [0.5, 0.6) is 0 Å². The average Bonchev–Trinajstić information content (AvgIpc) is 2.81. The van der Waals surface area contributed by atoms with Crippen molar-refractivity contribution in [3.05, 3.63) is 0 Å². The summed E-state index contributed by atoms with van der Waals surface area (Å²) < 4.78 is 25.1. The summed E-state index contributed by atoms with van der Waals surface area (Å²) in [6.07, 6.45) is 1.83. The van der Waals surface area contributed by atoms with Crippen molar-refractivity contribution in [1.82, 2.24) is 4.72 Å². The van der Waals surface area contributed by atoms with Crippen LogP contribution in [-0.4, -0.2) is 19.6 Å². The van der Waals surface area contributed by atoms with Gasteiger partial charge in [0.2, 0.25) is 15.9 Å². The van der Waals surface area contributed by atoms with Gasteiger partial charge in [0, 0.05) is 5.92 Å². The lowest BCUT2D eigenvalue weighted by molar-refractivity contribution is -0.120. The van der Waals surface area contributed by atoms with Gasteiger partial charge in [-0.25, -0.2) is 8.42 Å². The molecule has 1 fully saturated rings. The van der Waals surface area contributed by atoms with Gasteiger partial charge >= 0.3 is 0 Å². The highest BCUT2D eigenvalue weighted by Gasteiger charge is 2.44. The molecule has 0 radical (unpaired) electrons. The third kappa shape index (κ3) is 3.47. The van der Waals surface area contributed by atoms with Crippen molar-refractivity contribution in [2.75, 3.05) is 0 Å². The summed E-state index contributed by atoms with van der Waals surface area (Å²) in [6.45, 7) is 7.35. The van der Waals surface area contributed by atoms with Crippen molar-refractivity contribution in [2.24, 2.45) is 17.8 Å². The second-order valence-electron chi connectivity index (χ2n) is 5.29. The van der Waals surface area contributed by atoms with Crippen LogP contribution in [0.4, 0.5) is 0 Å². The molecular weight excluding hydrogens is 226 g/mol. The van der Waals surface area contributed by atoms with Crippen LogP contribution in [0.1, 0.15) is 40.5 Å². The lowest BCUT2D eigenvalue weighted by Crippen LogP contribution is -2.37. The Kier molecular flexibility index (Phi) is 3.99. The predicted molar refractivity (Wildman–Crippen MR) is 63.3 cm³/mol. The van der Waals surface area contributed by atoms with E-state index < -0.39 is 15.3 Å². The fourth-order valence-corrected chi connectivity index (χ4v) is 2.44. The normalized spacial score (nSPS) is 24.9. The first-order chi connectivity index (χ1) is 7.24. The molecule has 1 N–H and O–H groups in total. The Bertz CT molecular complexity index is 359. The van der Waals surface area contributed by atoms with Gasteiger partial charge in [0.25, 0.3) is 0 Å². The molecule has 1 aliphatic rings. The Morgan fingerprint density at radius 3 is 2.31 bits per heavy atom. The van der Waals surface area contributed by atoms with E-state index in [-0.39, 0.29) is 11.8 Å². The van der Waals surface area contributed by atoms with Gasteiger partial charge in [-0.3, -0.25) is 9.52 Å². The van der Waals surface area contributed by atoms with Gasteiger partial charge in [-0.15, -0.1) is 0 Å². The minimum Gasteiger partial charge on any atom is -0.274 e. The van der Waals surface area contributed by atoms with Crippen molar-refractivity contribution < 1.29 is 13.2 Å². The molecule has 0 saturated heterocycles. The summed E-state index contributed by atoms with van der Waals surface area (Å²) in [7, 11) is -3.45. The zero-order valence-electron chi connectivity index (χ0n) is 10.4. The number of hydrogen-bond donors (Lipinski definition) is 1. The van der Waals surface area contributed by atoms with Crippen LogP contribution in [0.15, 0.2) is 0 Å². The summed E-state index contributed by atoms with van der Waals surface area (Å²) in [4.78, 5) is 11.6. The number of rotatable bonds is 5. The quantitative estimate of drug-likeness (QED) is 0.801. The van der Waals surface area contributed by atoms with Gasteiger partial charge in [-0.2, -0.15) is 0 Å². The molecule has 1 rings (SSSR count). The Labute approximate surface area is 97.9 Å². The zero-order chi connectivity index (χ0) is 12.5. The minimum atomic E-state index is -3.45. The van der Waals surface area contributed by atoms with E-state index in [1.54, 1.807) is 13.8 Å². The highest BCUT2D eigenvalue weighted by atomic mass is 32.2. The van der Waals surface area contributed by atoms with E-state index in [2.05, 4.69) is 18.6 Å². The molecule has 0 aromatic heterocycles. The average molecular weight is 247 g/mol. The van der Waals surface area contributed by atoms with Crippen LogP contribution < -0.4 is 4.72 Å². The van der Waals surface area contributed by atoms with Gasteiger partial charge in [-0.05, 0) is 38.5 Å². The van der Waals surface area contributed by atoms with Crippen molar-refractivity contribution in [2.45, 2.75) is 45.8 Å². The van der Waals surface area contributed by atoms with Crippen LogP contribution in [0, 0.1) is 17.8 Å². The van der Waals surface area contributed by atoms with Crippen LogP contribution in [0.2, 0.25) is 0 Å². The van der Waals surface area contributed by atoms with Gasteiger partial charge in [0.15, 0.2) is 0 Å². The Morgan fingerprint density at radius 2 is 1.88 bits per heavy atom. The summed E-state index contributed by atoms with van der Waals surface area (Å²) in [5, 5.41) is -0.557. The molecule has 0 aliphatic heterocycles. The third-order valence-electron chi connectivity index (χ3n) is 2.90. The summed E-state index contributed by atoms with van der Waals surface area (Å²) in [6, 6.07) is 0. The topological polar surface area (TPSA) is 63.2 Å². The maximum Gasteiger partial charge on any atom is 0.237 e. The van der Waals surface area contributed by atoms with Crippen molar-refractivity contribution in [3.8, 4) is 0 Å². The van der Waals surface area contributed by atoms with Crippen molar-refractivity contribution >= 4 is 15.9 Å². The van der Waals surface area contributed by atoms with E-state index in [9.17, 15) is 13.2 Å². The summed E-state index contributed by atoms with van der Waals surface area (Å²) in [5.41, 5.74) is 0. The van der Waals surface area contributed by atoms with E-state index in [0.717, 1.165) is 12.8 Å². The molecule has 0 unspecified atom stereocenters. The largest absolute Gasteiger partial charge is 0.274 e. The lowest BCUT2D eigenvalue weighted by Gasteiger charge is -2.09. The van der Waals surface area contributed by atoms with Crippen LogP contribution in [0.3, 0.4) is 0 Å². The molecule has 0 aromatic rings. The second-order valence-corrected chi connectivity index (χ2v) is 7.53. The molecule has 94 valence electrons. The van der Waals surface area contributed by atoms with Crippen molar-refractivity contribution in [1.29, 1.82) is 0 Å². The monoisotopic (exact) mass is 247 g/mol. The first kappa shape index (κ1) is 13.5. The fourth-order valence-electron chi connectivity index (χ4n) is 1.77. The van der Waals surface area contributed by atoms with Crippen LogP contribution in [0.25, 0.3) is 0 Å². The Morgan fingerprint density at radius 1 is 1.31 bits per heavy atom.